The lowest BCUT2D eigenvalue weighted by Gasteiger charge is -2.27. The highest BCUT2D eigenvalue weighted by Gasteiger charge is 2.14. The third-order valence-corrected chi connectivity index (χ3v) is 5.26. The first-order valence-electron chi connectivity index (χ1n) is 10.8. The van der Waals surface area contributed by atoms with Gasteiger partial charge in [0.15, 0.2) is 0 Å². The topological polar surface area (TPSA) is 113 Å². The fraction of sp³-hybridized carbons (Fsp3) is 0.292. The van der Waals surface area contributed by atoms with Crippen LogP contribution in [0.3, 0.4) is 0 Å². The van der Waals surface area contributed by atoms with Gasteiger partial charge in [0.25, 0.3) is 0 Å². The minimum absolute atomic E-state index is 0.0829. The molecule has 0 saturated carbocycles. The van der Waals surface area contributed by atoms with Gasteiger partial charge in [0.2, 0.25) is 5.91 Å². The van der Waals surface area contributed by atoms with E-state index in [2.05, 4.69) is 25.4 Å². The van der Waals surface area contributed by atoms with Gasteiger partial charge in [-0.3, -0.25) is 19.8 Å². The number of aromatic amines is 1. The van der Waals surface area contributed by atoms with E-state index >= 15 is 0 Å². The van der Waals surface area contributed by atoms with Gasteiger partial charge >= 0.3 is 0 Å². The summed E-state index contributed by atoms with van der Waals surface area (Å²) in [5.74, 6) is 0.373. The van der Waals surface area contributed by atoms with Crippen molar-refractivity contribution in [2.75, 3.05) is 44.8 Å². The smallest absolute Gasteiger partial charge is 0.248 e. The molecule has 3 N–H and O–H groups in total. The molecule has 3 heterocycles. The molecule has 33 heavy (non-hydrogen) atoms. The van der Waals surface area contributed by atoms with Crippen molar-refractivity contribution in [3.05, 3.63) is 66.3 Å². The maximum atomic E-state index is 12.6. The van der Waals surface area contributed by atoms with Crippen molar-refractivity contribution in [1.29, 1.82) is 0 Å². The van der Waals surface area contributed by atoms with Gasteiger partial charge in [-0.25, -0.2) is 0 Å². The Bertz CT molecular complexity index is 1080. The van der Waals surface area contributed by atoms with Crippen molar-refractivity contribution in [3.8, 4) is 16.9 Å². The zero-order chi connectivity index (χ0) is 22.9. The number of aliphatic hydroxyl groups excluding tert-OH is 1. The van der Waals surface area contributed by atoms with Gasteiger partial charge in [-0.2, -0.15) is 5.10 Å². The first-order chi connectivity index (χ1) is 16.2. The van der Waals surface area contributed by atoms with Crippen molar-refractivity contribution >= 4 is 17.7 Å². The minimum Gasteiger partial charge on any atom is -0.491 e. The van der Waals surface area contributed by atoms with Gasteiger partial charge < -0.3 is 19.9 Å². The number of benzene rings is 1. The number of carbonyl (C=O) groups is 1. The van der Waals surface area contributed by atoms with E-state index in [1.165, 1.54) is 6.08 Å². The van der Waals surface area contributed by atoms with Gasteiger partial charge in [-0.1, -0.05) is 6.07 Å². The van der Waals surface area contributed by atoms with E-state index in [0.717, 1.165) is 41.9 Å². The Labute approximate surface area is 192 Å². The molecule has 1 aromatic carbocycles. The number of nitrogens with one attached hydrogen (secondary N) is 2. The fourth-order valence-electron chi connectivity index (χ4n) is 3.60. The molecule has 0 aliphatic carbocycles. The molecule has 0 unspecified atom stereocenters. The number of aromatic nitrogens is 3. The zero-order valence-corrected chi connectivity index (χ0v) is 18.2. The Balaban J connectivity index is 1.45. The summed E-state index contributed by atoms with van der Waals surface area (Å²) in [6, 6.07) is 7.46. The summed E-state index contributed by atoms with van der Waals surface area (Å²) in [5.41, 5.74) is 4.26. The lowest BCUT2D eigenvalue weighted by molar-refractivity contribution is -0.111. The molecule has 4 rings (SSSR count). The third kappa shape index (κ3) is 6.26. The number of pyridine rings is 1. The number of nitrogens with zero attached hydrogens (tertiary/aromatic N) is 3. The summed E-state index contributed by atoms with van der Waals surface area (Å²) in [4.78, 5) is 19.0. The van der Waals surface area contributed by atoms with Crippen LogP contribution in [-0.2, 0) is 16.1 Å². The van der Waals surface area contributed by atoms with Crippen molar-refractivity contribution < 1.29 is 19.4 Å². The van der Waals surface area contributed by atoms with E-state index in [-0.39, 0.29) is 19.1 Å². The standard InChI is InChI=1S/C24H27N5O4/c30-9-12-33-23-13-21(3-1-19(23)17-29-7-10-32-11-8-29)28-24(31)4-2-18-14-25-6-5-22(18)20-15-26-27-16-20/h1-6,13-16,30H,7-12,17H2,(H,26,27)(H,28,31)/b4-2+. The van der Waals surface area contributed by atoms with Gasteiger partial charge in [0.1, 0.15) is 12.4 Å². The molecule has 1 fully saturated rings. The number of hydrogen-bond donors (Lipinski definition) is 3. The summed E-state index contributed by atoms with van der Waals surface area (Å²) in [6.45, 7) is 3.97. The molecule has 0 spiro atoms. The summed E-state index contributed by atoms with van der Waals surface area (Å²) < 4.78 is 11.2. The highest BCUT2D eigenvalue weighted by Crippen LogP contribution is 2.26. The minimum atomic E-state index is -0.272. The van der Waals surface area contributed by atoms with Crippen LogP contribution in [0.15, 0.2) is 55.1 Å². The van der Waals surface area contributed by atoms with Crippen LogP contribution in [-0.4, -0.2) is 70.6 Å². The van der Waals surface area contributed by atoms with Crippen molar-refractivity contribution in [1.82, 2.24) is 20.1 Å². The Hall–Kier alpha value is -3.53. The van der Waals surface area contributed by atoms with Crippen LogP contribution in [0.4, 0.5) is 5.69 Å². The Kier molecular flexibility index (Phi) is 7.81. The molecule has 9 heteroatoms. The summed E-state index contributed by atoms with van der Waals surface area (Å²) in [6.07, 6.45) is 10.1. The number of amides is 1. The van der Waals surface area contributed by atoms with Crippen molar-refractivity contribution in [3.63, 3.8) is 0 Å². The van der Waals surface area contributed by atoms with Crippen LogP contribution in [0.5, 0.6) is 5.75 Å². The highest BCUT2D eigenvalue weighted by molar-refractivity contribution is 6.02. The maximum absolute atomic E-state index is 12.6. The lowest BCUT2D eigenvalue weighted by Crippen LogP contribution is -2.35. The first kappa shape index (κ1) is 22.7. The van der Waals surface area contributed by atoms with Gasteiger partial charge in [0, 0.05) is 72.7 Å². The SMILES string of the molecule is O=C(/C=C/c1cnccc1-c1cn[nH]c1)Nc1ccc(CN2CCOCC2)c(OCCO)c1. The second-order valence-electron chi connectivity index (χ2n) is 7.56. The van der Waals surface area contributed by atoms with E-state index in [4.69, 9.17) is 9.47 Å². The fourth-order valence-corrected chi connectivity index (χ4v) is 3.60. The van der Waals surface area contributed by atoms with E-state index < -0.39 is 0 Å². The third-order valence-electron chi connectivity index (χ3n) is 5.26. The second-order valence-corrected chi connectivity index (χ2v) is 7.56. The van der Waals surface area contributed by atoms with Crippen LogP contribution in [0.2, 0.25) is 0 Å². The normalized spacial score (nSPS) is 14.5. The Morgan fingerprint density at radius 3 is 2.94 bits per heavy atom. The van der Waals surface area contributed by atoms with Gasteiger partial charge in [0.05, 0.1) is 26.0 Å². The van der Waals surface area contributed by atoms with Crippen molar-refractivity contribution in [2.45, 2.75) is 6.54 Å². The number of aliphatic hydroxyl groups is 1. The zero-order valence-electron chi connectivity index (χ0n) is 18.2. The van der Waals surface area contributed by atoms with Crippen LogP contribution in [0.25, 0.3) is 17.2 Å². The molecule has 1 saturated heterocycles. The number of morpholine rings is 1. The Morgan fingerprint density at radius 1 is 1.27 bits per heavy atom. The van der Waals surface area contributed by atoms with Gasteiger partial charge in [-0.15, -0.1) is 0 Å². The number of H-pyrrole nitrogens is 1. The van der Waals surface area contributed by atoms with Crippen LogP contribution in [0, 0.1) is 0 Å². The molecule has 0 bridgehead atoms. The van der Waals surface area contributed by atoms with Crippen LogP contribution < -0.4 is 10.1 Å². The molecule has 0 radical (unpaired) electrons. The average Bonchev–Trinajstić information content (AvgIpc) is 3.38. The van der Waals surface area contributed by atoms with E-state index in [0.29, 0.717) is 24.7 Å². The molecule has 1 aliphatic heterocycles. The van der Waals surface area contributed by atoms with Crippen LogP contribution in [0.1, 0.15) is 11.1 Å². The predicted molar refractivity (Wildman–Crippen MR) is 125 cm³/mol. The van der Waals surface area contributed by atoms with Crippen LogP contribution >= 0.6 is 0 Å². The molecule has 3 aromatic rings. The highest BCUT2D eigenvalue weighted by atomic mass is 16.5. The molecule has 9 nitrogen and oxygen atoms in total. The maximum Gasteiger partial charge on any atom is 0.248 e. The van der Waals surface area contributed by atoms with E-state index in [1.807, 2.05) is 18.2 Å². The number of carbonyl (C=O) groups excluding carboxylic acids is 1. The molecule has 1 aliphatic rings. The molecule has 0 atom stereocenters. The summed E-state index contributed by atoms with van der Waals surface area (Å²) in [7, 11) is 0. The molecular weight excluding hydrogens is 422 g/mol. The summed E-state index contributed by atoms with van der Waals surface area (Å²) in [5, 5.41) is 18.8. The largest absolute Gasteiger partial charge is 0.491 e. The quantitative estimate of drug-likeness (QED) is 0.430. The van der Waals surface area contributed by atoms with Crippen molar-refractivity contribution in [2.24, 2.45) is 0 Å². The van der Waals surface area contributed by atoms with E-state index in [1.54, 1.807) is 36.9 Å². The number of rotatable bonds is 9. The Morgan fingerprint density at radius 2 is 2.15 bits per heavy atom. The summed E-state index contributed by atoms with van der Waals surface area (Å²) >= 11 is 0. The predicted octanol–water partition coefficient (Wildman–Crippen LogP) is 2.33. The first-order valence-corrected chi connectivity index (χ1v) is 10.8. The average molecular weight is 450 g/mol. The molecule has 1 amide bonds. The lowest BCUT2D eigenvalue weighted by atomic mass is 10.0. The molecule has 2 aromatic heterocycles. The van der Waals surface area contributed by atoms with Gasteiger partial charge in [-0.05, 0) is 23.8 Å². The molecule has 172 valence electrons. The molecular formula is C24H27N5O4. The van der Waals surface area contributed by atoms with E-state index in [9.17, 15) is 9.90 Å². The number of ether oxygens (including phenoxy) is 2. The number of hydrogen-bond acceptors (Lipinski definition) is 7. The monoisotopic (exact) mass is 449 g/mol. The number of anilines is 1. The second kappa shape index (κ2) is 11.4.